The van der Waals surface area contributed by atoms with Crippen LogP contribution in [0.5, 0.6) is 0 Å². The van der Waals surface area contributed by atoms with Crippen molar-refractivity contribution in [2.45, 2.75) is 39.2 Å². The summed E-state index contributed by atoms with van der Waals surface area (Å²) >= 11 is 0. The minimum Gasteiger partial charge on any atom is -0.481 e. The summed E-state index contributed by atoms with van der Waals surface area (Å²) in [4.78, 5) is 13.5. The van der Waals surface area contributed by atoms with Crippen LogP contribution in [-0.2, 0) is 9.53 Å². The number of likely N-dealkylation sites (tertiary alicyclic amines) is 1. The zero-order valence-corrected chi connectivity index (χ0v) is 10.5. The van der Waals surface area contributed by atoms with Crippen molar-refractivity contribution in [1.82, 2.24) is 4.90 Å². The van der Waals surface area contributed by atoms with E-state index in [2.05, 4.69) is 4.90 Å². The normalized spacial score (nSPS) is 22.9. The van der Waals surface area contributed by atoms with Gasteiger partial charge in [-0.05, 0) is 39.3 Å². The van der Waals surface area contributed by atoms with Crippen molar-refractivity contribution >= 4 is 5.97 Å². The van der Waals surface area contributed by atoms with E-state index in [1.54, 1.807) is 7.11 Å². The zero-order valence-electron chi connectivity index (χ0n) is 10.5. The van der Waals surface area contributed by atoms with Crippen LogP contribution >= 0.6 is 0 Å². The average Bonchev–Trinajstić information content (AvgIpc) is 2.29. The molecule has 4 nitrogen and oxygen atoms in total. The summed E-state index contributed by atoms with van der Waals surface area (Å²) < 4.78 is 5.22. The highest BCUT2D eigenvalue weighted by Crippen LogP contribution is 2.35. The Balaban J connectivity index is 2.46. The second kappa shape index (κ2) is 5.64. The highest BCUT2D eigenvalue weighted by Gasteiger charge is 2.39. The maximum absolute atomic E-state index is 11.2. The predicted octanol–water partition coefficient (Wildman–Crippen LogP) is 1.60. The lowest BCUT2D eigenvalue weighted by Crippen LogP contribution is -2.46. The summed E-state index contributed by atoms with van der Waals surface area (Å²) in [7, 11) is 1.71. The van der Waals surface area contributed by atoms with Gasteiger partial charge in [0.1, 0.15) is 0 Å². The van der Waals surface area contributed by atoms with Gasteiger partial charge < -0.3 is 14.7 Å². The summed E-state index contributed by atoms with van der Waals surface area (Å²) in [6, 6.07) is 0. The van der Waals surface area contributed by atoms with E-state index in [1.165, 1.54) is 0 Å². The number of methoxy groups -OCH3 is 1. The number of aliphatic carboxylic acids is 1. The number of carboxylic acid groups (broad SMARTS) is 1. The van der Waals surface area contributed by atoms with E-state index in [9.17, 15) is 9.90 Å². The Morgan fingerprint density at radius 1 is 1.50 bits per heavy atom. The third kappa shape index (κ3) is 2.95. The molecule has 4 heteroatoms. The van der Waals surface area contributed by atoms with Crippen molar-refractivity contribution < 1.29 is 14.6 Å². The fourth-order valence-electron chi connectivity index (χ4n) is 2.32. The largest absolute Gasteiger partial charge is 0.481 e. The Labute approximate surface area is 97.6 Å². The van der Waals surface area contributed by atoms with Crippen molar-refractivity contribution in [3.05, 3.63) is 0 Å². The first-order valence-corrected chi connectivity index (χ1v) is 6.02. The number of ether oxygens (including phenoxy) is 1. The Hall–Kier alpha value is -0.610. The monoisotopic (exact) mass is 229 g/mol. The number of carbonyl (C=O) groups is 1. The van der Waals surface area contributed by atoms with Crippen LogP contribution in [0.25, 0.3) is 0 Å². The first-order valence-electron chi connectivity index (χ1n) is 6.02. The van der Waals surface area contributed by atoms with Gasteiger partial charge in [0, 0.05) is 13.7 Å². The number of rotatable bonds is 5. The van der Waals surface area contributed by atoms with Crippen LogP contribution in [0, 0.1) is 5.41 Å². The summed E-state index contributed by atoms with van der Waals surface area (Å²) in [5, 5.41) is 9.26. The third-order valence-corrected chi connectivity index (χ3v) is 3.86. The predicted molar refractivity (Wildman–Crippen MR) is 62.5 cm³/mol. The second-order valence-electron chi connectivity index (χ2n) is 4.79. The van der Waals surface area contributed by atoms with E-state index < -0.39 is 11.4 Å². The van der Waals surface area contributed by atoms with E-state index in [0.29, 0.717) is 0 Å². The number of carboxylic acids is 1. The number of hydrogen-bond acceptors (Lipinski definition) is 3. The smallest absolute Gasteiger partial charge is 0.309 e. The molecule has 1 N–H and O–H groups in total. The lowest BCUT2D eigenvalue weighted by atomic mass is 9.76. The van der Waals surface area contributed by atoms with Crippen molar-refractivity contribution in [1.29, 1.82) is 0 Å². The fraction of sp³-hybridized carbons (Fsp3) is 0.917. The highest BCUT2D eigenvalue weighted by molar-refractivity contribution is 5.74. The Bertz CT molecular complexity index is 234. The number of hydrogen-bond donors (Lipinski definition) is 1. The molecule has 1 rings (SSSR count). The van der Waals surface area contributed by atoms with E-state index in [1.807, 2.05) is 13.8 Å². The molecular formula is C12H23NO3. The van der Waals surface area contributed by atoms with Crippen LogP contribution in [0.4, 0.5) is 0 Å². The molecule has 16 heavy (non-hydrogen) atoms. The molecule has 0 saturated carbocycles. The van der Waals surface area contributed by atoms with Gasteiger partial charge in [0.25, 0.3) is 0 Å². The molecule has 0 aliphatic carbocycles. The summed E-state index contributed by atoms with van der Waals surface area (Å²) in [6.07, 6.45) is 2.47. The lowest BCUT2D eigenvalue weighted by molar-refractivity contribution is -0.152. The maximum Gasteiger partial charge on any atom is 0.309 e. The van der Waals surface area contributed by atoms with Gasteiger partial charge in [-0.25, -0.2) is 0 Å². The number of nitrogens with zero attached hydrogens (tertiary/aromatic N) is 1. The van der Waals surface area contributed by atoms with Gasteiger partial charge in [-0.2, -0.15) is 0 Å². The quantitative estimate of drug-likeness (QED) is 0.778. The van der Waals surface area contributed by atoms with Gasteiger partial charge in [0.2, 0.25) is 0 Å². The minimum atomic E-state index is -0.630. The molecule has 94 valence electrons. The van der Waals surface area contributed by atoms with Crippen LogP contribution in [0.1, 0.15) is 33.1 Å². The molecule has 1 saturated heterocycles. The molecule has 1 aliphatic heterocycles. The molecular weight excluding hydrogens is 206 g/mol. The molecule has 0 aromatic carbocycles. The van der Waals surface area contributed by atoms with Gasteiger partial charge in [0.15, 0.2) is 0 Å². The van der Waals surface area contributed by atoms with Gasteiger partial charge in [0.05, 0.1) is 11.5 Å². The lowest BCUT2D eigenvalue weighted by Gasteiger charge is -2.39. The van der Waals surface area contributed by atoms with Gasteiger partial charge in [-0.15, -0.1) is 0 Å². The Morgan fingerprint density at radius 3 is 2.44 bits per heavy atom. The van der Waals surface area contributed by atoms with E-state index in [4.69, 9.17) is 4.74 Å². The first-order chi connectivity index (χ1) is 7.54. The van der Waals surface area contributed by atoms with Gasteiger partial charge in [-0.1, -0.05) is 6.92 Å². The van der Waals surface area contributed by atoms with Gasteiger partial charge in [-0.3, -0.25) is 4.79 Å². The Morgan fingerprint density at radius 2 is 2.06 bits per heavy atom. The highest BCUT2D eigenvalue weighted by atomic mass is 16.5. The minimum absolute atomic E-state index is 0.221. The molecule has 1 heterocycles. The molecule has 1 fully saturated rings. The SMILES string of the molecule is CCC1(C(=O)O)CCN(CC(C)OC)CC1. The maximum atomic E-state index is 11.2. The molecule has 0 bridgehead atoms. The van der Waals surface area contributed by atoms with Gasteiger partial charge >= 0.3 is 5.97 Å². The van der Waals surface area contributed by atoms with E-state index in [0.717, 1.165) is 38.9 Å². The molecule has 0 spiro atoms. The molecule has 1 aliphatic rings. The summed E-state index contributed by atoms with van der Waals surface area (Å²) in [5.41, 5.74) is -0.479. The van der Waals surface area contributed by atoms with Crippen LogP contribution in [0.3, 0.4) is 0 Å². The van der Waals surface area contributed by atoms with Crippen LogP contribution in [0.2, 0.25) is 0 Å². The average molecular weight is 229 g/mol. The van der Waals surface area contributed by atoms with Crippen molar-refractivity contribution in [2.75, 3.05) is 26.7 Å². The van der Waals surface area contributed by atoms with E-state index >= 15 is 0 Å². The standard InChI is InChI=1S/C12H23NO3/c1-4-12(11(14)15)5-7-13(8-6-12)9-10(2)16-3/h10H,4-9H2,1-3H3,(H,14,15). The fourth-order valence-corrected chi connectivity index (χ4v) is 2.32. The van der Waals surface area contributed by atoms with Crippen molar-refractivity contribution in [3.8, 4) is 0 Å². The molecule has 1 unspecified atom stereocenters. The Kier molecular flexibility index (Phi) is 4.74. The summed E-state index contributed by atoms with van der Waals surface area (Å²) in [5.74, 6) is -0.630. The zero-order chi connectivity index (χ0) is 12.2. The second-order valence-corrected chi connectivity index (χ2v) is 4.79. The topological polar surface area (TPSA) is 49.8 Å². The van der Waals surface area contributed by atoms with Crippen molar-refractivity contribution in [3.63, 3.8) is 0 Å². The third-order valence-electron chi connectivity index (χ3n) is 3.86. The van der Waals surface area contributed by atoms with Crippen LogP contribution < -0.4 is 0 Å². The summed E-state index contributed by atoms with van der Waals surface area (Å²) in [6.45, 7) is 6.65. The van der Waals surface area contributed by atoms with Crippen LogP contribution in [-0.4, -0.2) is 48.8 Å². The molecule has 1 atom stereocenters. The van der Waals surface area contributed by atoms with Crippen molar-refractivity contribution in [2.24, 2.45) is 5.41 Å². The number of piperidine rings is 1. The molecule has 0 aromatic rings. The molecule has 0 radical (unpaired) electrons. The van der Waals surface area contributed by atoms with Crippen LogP contribution in [0.15, 0.2) is 0 Å². The van der Waals surface area contributed by atoms with E-state index in [-0.39, 0.29) is 6.10 Å². The molecule has 0 amide bonds. The first kappa shape index (κ1) is 13.5. The molecule has 0 aromatic heterocycles.